The first kappa shape index (κ1) is 11.2. The summed E-state index contributed by atoms with van der Waals surface area (Å²) in [5, 5.41) is 0. The molecular formula is C12H16FNO2. The van der Waals surface area contributed by atoms with Gasteiger partial charge in [-0.25, -0.2) is 4.39 Å². The first-order valence-corrected chi connectivity index (χ1v) is 5.39. The number of anilines is 1. The van der Waals surface area contributed by atoms with Crippen LogP contribution in [0.1, 0.15) is 5.56 Å². The molecule has 2 rings (SSSR count). The van der Waals surface area contributed by atoms with Crippen molar-refractivity contribution in [1.82, 2.24) is 0 Å². The van der Waals surface area contributed by atoms with E-state index in [1.54, 1.807) is 7.11 Å². The van der Waals surface area contributed by atoms with Crippen LogP contribution in [0.4, 0.5) is 10.1 Å². The molecule has 1 saturated heterocycles. The Morgan fingerprint density at radius 3 is 2.62 bits per heavy atom. The van der Waals surface area contributed by atoms with Crippen molar-refractivity contribution in [2.75, 3.05) is 38.3 Å². The van der Waals surface area contributed by atoms with E-state index >= 15 is 0 Å². The Labute approximate surface area is 94.8 Å². The SMILES string of the molecule is COc1cc(F)c(N2CCOCC2)cc1C. The van der Waals surface area contributed by atoms with E-state index in [-0.39, 0.29) is 5.82 Å². The smallest absolute Gasteiger partial charge is 0.150 e. The van der Waals surface area contributed by atoms with Crippen molar-refractivity contribution in [1.29, 1.82) is 0 Å². The third kappa shape index (κ3) is 2.11. The number of ether oxygens (including phenoxy) is 2. The van der Waals surface area contributed by atoms with Crippen molar-refractivity contribution in [2.45, 2.75) is 6.92 Å². The standard InChI is InChI=1S/C12H16FNO2/c1-9-7-11(10(13)8-12(9)15-2)14-3-5-16-6-4-14/h7-8H,3-6H2,1-2H3. The maximum atomic E-state index is 13.8. The number of hydrogen-bond donors (Lipinski definition) is 0. The highest BCUT2D eigenvalue weighted by Gasteiger charge is 2.16. The van der Waals surface area contributed by atoms with Gasteiger partial charge in [0.05, 0.1) is 26.0 Å². The first-order chi connectivity index (χ1) is 7.72. The zero-order chi connectivity index (χ0) is 11.5. The van der Waals surface area contributed by atoms with Gasteiger partial charge in [-0.15, -0.1) is 0 Å². The van der Waals surface area contributed by atoms with Gasteiger partial charge in [0, 0.05) is 19.2 Å². The zero-order valence-corrected chi connectivity index (χ0v) is 9.62. The van der Waals surface area contributed by atoms with Crippen molar-refractivity contribution in [2.24, 2.45) is 0 Å². The molecule has 1 aromatic carbocycles. The zero-order valence-electron chi connectivity index (χ0n) is 9.62. The largest absolute Gasteiger partial charge is 0.496 e. The summed E-state index contributed by atoms with van der Waals surface area (Å²) < 4.78 is 24.2. The van der Waals surface area contributed by atoms with E-state index in [0.717, 1.165) is 18.7 Å². The van der Waals surface area contributed by atoms with Crippen LogP contribution in [0.15, 0.2) is 12.1 Å². The molecule has 0 unspecified atom stereocenters. The second-order valence-corrected chi connectivity index (χ2v) is 3.87. The van der Waals surface area contributed by atoms with Gasteiger partial charge in [0.25, 0.3) is 0 Å². The quantitative estimate of drug-likeness (QED) is 0.768. The molecule has 0 amide bonds. The lowest BCUT2D eigenvalue weighted by atomic mass is 10.1. The number of nitrogens with zero attached hydrogens (tertiary/aromatic N) is 1. The fraction of sp³-hybridized carbons (Fsp3) is 0.500. The molecule has 1 aliphatic heterocycles. The molecule has 0 radical (unpaired) electrons. The lowest BCUT2D eigenvalue weighted by Crippen LogP contribution is -2.36. The van der Waals surface area contributed by atoms with Crippen molar-refractivity contribution in [3.8, 4) is 5.75 Å². The number of morpholine rings is 1. The number of aryl methyl sites for hydroxylation is 1. The van der Waals surface area contributed by atoms with Gasteiger partial charge in [-0.3, -0.25) is 0 Å². The lowest BCUT2D eigenvalue weighted by molar-refractivity contribution is 0.122. The summed E-state index contributed by atoms with van der Waals surface area (Å²) in [5.74, 6) is 0.360. The molecule has 88 valence electrons. The van der Waals surface area contributed by atoms with Crippen LogP contribution in [0.25, 0.3) is 0 Å². The lowest BCUT2D eigenvalue weighted by Gasteiger charge is -2.29. The van der Waals surface area contributed by atoms with Crippen LogP contribution in [0.2, 0.25) is 0 Å². The molecule has 0 aliphatic carbocycles. The van der Waals surface area contributed by atoms with Crippen LogP contribution in [-0.2, 0) is 4.74 Å². The van der Waals surface area contributed by atoms with E-state index in [0.29, 0.717) is 24.7 Å². The minimum absolute atomic E-state index is 0.232. The predicted molar refractivity (Wildman–Crippen MR) is 60.7 cm³/mol. The van der Waals surface area contributed by atoms with Crippen molar-refractivity contribution < 1.29 is 13.9 Å². The third-order valence-electron chi connectivity index (χ3n) is 2.82. The molecule has 0 saturated carbocycles. The summed E-state index contributed by atoms with van der Waals surface area (Å²) in [7, 11) is 1.55. The average molecular weight is 225 g/mol. The Hall–Kier alpha value is -1.29. The second kappa shape index (κ2) is 4.70. The van der Waals surface area contributed by atoms with Gasteiger partial charge >= 0.3 is 0 Å². The van der Waals surface area contributed by atoms with Crippen LogP contribution >= 0.6 is 0 Å². The van der Waals surface area contributed by atoms with E-state index in [1.807, 2.05) is 17.9 Å². The molecule has 4 heteroatoms. The van der Waals surface area contributed by atoms with Crippen LogP contribution in [0.3, 0.4) is 0 Å². The number of halogens is 1. The molecule has 0 spiro atoms. The molecule has 0 atom stereocenters. The van der Waals surface area contributed by atoms with E-state index < -0.39 is 0 Å². The highest BCUT2D eigenvalue weighted by atomic mass is 19.1. The van der Waals surface area contributed by atoms with E-state index in [9.17, 15) is 4.39 Å². The van der Waals surface area contributed by atoms with E-state index in [2.05, 4.69) is 0 Å². The monoisotopic (exact) mass is 225 g/mol. The fourth-order valence-corrected chi connectivity index (χ4v) is 1.91. The predicted octanol–water partition coefficient (Wildman–Crippen LogP) is 1.98. The number of rotatable bonds is 2. The Morgan fingerprint density at radius 2 is 2.00 bits per heavy atom. The summed E-state index contributed by atoms with van der Waals surface area (Å²) in [6.45, 7) is 4.71. The van der Waals surface area contributed by atoms with E-state index in [1.165, 1.54) is 6.07 Å². The number of hydrogen-bond acceptors (Lipinski definition) is 3. The number of methoxy groups -OCH3 is 1. The molecule has 0 bridgehead atoms. The van der Waals surface area contributed by atoms with Gasteiger partial charge in [0.15, 0.2) is 0 Å². The topological polar surface area (TPSA) is 21.7 Å². The summed E-state index contributed by atoms with van der Waals surface area (Å²) in [6, 6.07) is 3.28. The highest BCUT2D eigenvalue weighted by molar-refractivity contribution is 5.54. The van der Waals surface area contributed by atoms with Gasteiger partial charge in [0.1, 0.15) is 11.6 Å². The molecule has 1 heterocycles. The van der Waals surface area contributed by atoms with Crippen molar-refractivity contribution >= 4 is 5.69 Å². The highest BCUT2D eigenvalue weighted by Crippen LogP contribution is 2.28. The van der Waals surface area contributed by atoms with Gasteiger partial charge in [0.2, 0.25) is 0 Å². The molecular weight excluding hydrogens is 209 g/mol. The maximum absolute atomic E-state index is 13.8. The van der Waals surface area contributed by atoms with Crippen LogP contribution < -0.4 is 9.64 Å². The minimum Gasteiger partial charge on any atom is -0.496 e. The molecule has 1 aromatic rings. The molecule has 0 N–H and O–H groups in total. The average Bonchev–Trinajstić information content (AvgIpc) is 2.32. The van der Waals surface area contributed by atoms with Crippen LogP contribution in [0.5, 0.6) is 5.75 Å². The van der Waals surface area contributed by atoms with Gasteiger partial charge < -0.3 is 14.4 Å². The third-order valence-corrected chi connectivity index (χ3v) is 2.82. The van der Waals surface area contributed by atoms with Crippen molar-refractivity contribution in [3.63, 3.8) is 0 Å². The molecule has 0 aromatic heterocycles. The summed E-state index contributed by atoms with van der Waals surface area (Å²) >= 11 is 0. The maximum Gasteiger partial charge on any atom is 0.150 e. The normalized spacial score (nSPS) is 16.3. The van der Waals surface area contributed by atoms with Gasteiger partial charge in [-0.05, 0) is 18.6 Å². The fourth-order valence-electron chi connectivity index (χ4n) is 1.91. The Kier molecular flexibility index (Phi) is 3.29. The minimum atomic E-state index is -0.232. The summed E-state index contributed by atoms with van der Waals surface area (Å²) in [6.07, 6.45) is 0. The van der Waals surface area contributed by atoms with Gasteiger partial charge in [-0.2, -0.15) is 0 Å². The Bertz CT molecular complexity index is 376. The van der Waals surface area contributed by atoms with Crippen LogP contribution in [0, 0.1) is 12.7 Å². The molecule has 3 nitrogen and oxygen atoms in total. The van der Waals surface area contributed by atoms with Gasteiger partial charge in [-0.1, -0.05) is 0 Å². The summed E-state index contributed by atoms with van der Waals surface area (Å²) in [5.41, 5.74) is 1.59. The van der Waals surface area contributed by atoms with E-state index in [4.69, 9.17) is 9.47 Å². The Morgan fingerprint density at radius 1 is 1.31 bits per heavy atom. The first-order valence-electron chi connectivity index (χ1n) is 5.39. The summed E-state index contributed by atoms with van der Waals surface area (Å²) in [4.78, 5) is 2.01. The van der Waals surface area contributed by atoms with Crippen LogP contribution in [-0.4, -0.2) is 33.4 Å². The second-order valence-electron chi connectivity index (χ2n) is 3.87. The van der Waals surface area contributed by atoms with Crippen molar-refractivity contribution in [3.05, 3.63) is 23.5 Å². The Balaban J connectivity index is 2.29. The molecule has 16 heavy (non-hydrogen) atoms. The molecule has 1 aliphatic rings. The number of benzene rings is 1. The molecule has 1 fully saturated rings.